The van der Waals surface area contributed by atoms with E-state index in [1.54, 1.807) is 19.1 Å². The number of fused-ring (bicyclic) bond motifs is 4. The number of amidine groups is 1. The molecule has 4 N–H and O–H groups in total. The van der Waals surface area contributed by atoms with E-state index in [4.69, 9.17) is 19.6 Å². The third-order valence-corrected chi connectivity index (χ3v) is 8.89. The molecule has 0 spiro atoms. The first kappa shape index (κ1) is 28.6. The number of cyclic esters (lactones) is 1. The molecule has 3 aliphatic carbocycles. The molecular weight excluding hydrogens is 504 g/mol. The molecular formula is C29H38N2O8. The van der Waals surface area contributed by atoms with E-state index >= 15 is 0 Å². The van der Waals surface area contributed by atoms with Crippen molar-refractivity contribution in [2.75, 3.05) is 26.8 Å². The molecule has 0 bridgehead atoms. The third kappa shape index (κ3) is 4.21. The highest BCUT2D eigenvalue weighted by Crippen LogP contribution is 2.64. The topological polar surface area (TPSA) is 150 Å². The molecule has 0 radical (unpaired) electrons. The predicted octanol–water partition coefficient (Wildman–Crippen LogP) is 3.26. The summed E-state index contributed by atoms with van der Waals surface area (Å²) in [6, 6.07) is 0. The van der Waals surface area contributed by atoms with Crippen molar-refractivity contribution in [3.63, 3.8) is 0 Å². The first-order valence-electron chi connectivity index (χ1n) is 13.1. The largest absolute Gasteiger partial charge is 0.504 e. The van der Waals surface area contributed by atoms with Crippen LogP contribution < -0.4 is 0 Å². The average molecular weight is 543 g/mol. The molecule has 4 aliphatic rings. The molecule has 0 aromatic heterocycles. The number of carbonyl (C=O) groups is 2. The molecule has 10 heteroatoms. The van der Waals surface area contributed by atoms with Gasteiger partial charge in [-0.3, -0.25) is 10.2 Å². The minimum absolute atomic E-state index is 0.0134. The molecule has 0 amide bonds. The van der Waals surface area contributed by atoms with Crippen LogP contribution in [0.1, 0.15) is 40.0 Å². The van der Waals surface area contributed by atoms with Gasteiger partial charge in [-0.2, -0.15) is 0 Å². The molecule has 1 aliphatic heterocycles. The zero-order valence-corrected chi connectivity index (χ0v) is 23.0. The van der Waals surface area contributed by atoms with Crippen LogP contribution >= 0.6 is 0 Å². The van der Waals surface area contributed by atoms with Gasteiger partial charge in [-0.1, -0.05) is 19.1 Å². The highest BCUT2D eigenvalue weighted by molar-refractivity contribution is 6.19. The van der Waals surface area contributed by atoms with E-state index < -0.39 is 52.6 Å². The van der Waals surface area contributed by atoms with Crippen LogP contribution in [0.5, 0.6) is 0 Å². The van der Waals surface area contributed by atoms with Gasteiger partial charge in [0.2, 0.25) is 0 Å². The smallest absolute Gasteiger partial charge is 0.342 e. The number of rotatable bonds is 8. The standard InChI is InChI=1S/C29H38N2O8/c1-7-11-31(12-8-2)26(30)21-23-25(35)24(34)20-16-9-10-18(33)28(16,4)13-17(38-15(3)32)22(20)29(23,5)19(14-37-6)39-27(21)36/h7-8,16-19,30,33-35H,1-2,9-14H2,3-6H3/t16-,17+,18?,19+,28-,29+/m0/s1. The monoisotopic (exact) mass is 542 g/mol. The lowest BCUT2D eigenvalue weighted by Crippen LogP contribution is -2.56. The lowest BCUT2D eigenvalue weighted by Gasteiger charge is -2.54. The Labute approximate surface area is 228 Å². The van der Waals surface area contributed by atoms with Crippen molar-refractivity contribution in [2.45, 2.75) is 58.3 Å². The summed E-state index contributed by atoms with van der Waals surface area (Å²) in [5.41, 5.74) is -1.40. The van der Waals surface area contributed by atoms with E-state index in [1.165, 1.54) is 18.9 Å². The highest BCUT2D eigenvalue weighted by Gasteiger charge is 2.63. The summed E-state index contributed by atoms with van der Waals surface area (Å²) in [6.07, 6.45) is 1.86. The van der Waals surface area contributed by atoms with Gasteiger partial charge in [-0.15, -0.1) is 13.2 Å². The maximum absolute atomic E-state index is 13.5. The molecule has 4 rings (SSSR count). The van der Waals surface area contributed by atoms with Gasteiger partial charge < -0.3 is 34.4 Å². The highest BCUT2D eigenvalue weighted by atomic mass is 16.6. The maximum atomic E-state index is 13.5. The number of allylic oxidation sites excluding steroid dienone is 2. The Bertz CT molecular complexity index is 1210. The van der Waals surface area contributed by atoms with Gasteiger partial charge in [0.15, 0.2) is 11.5 Å². The fraction of sp³-hybridized carbons (Fsp3) is 0.552. The lowest BCUT2D eigenvalue weighted by atomic mass is 9.54. The van der Waals surface area contributed by atoms with Crippen molar-refractivity contribution < 1.29 is 39.1 Å². The summed E-state index contributed by atoms with van der Waals surface area (Å²) in [4.78, 5) is 27.3. The minimum atomic E-state index is -1.33. The first-order chi connectivity index (χ1) is 18.4. The number of ether oxygens (including phenoxy) is 3. The lowest BCUT2D eigenvalue weighted by molar-refractivity contribution is -0.159. The van der Waals surface area contributed by atoms with Crippen molar-refractivity contribution in [1.29, 1.82) is 5.41 Å². The number of esters is 2. The minimum Gasteiger partial charge on any atom is -0.504 e. The van der Waals surface area contributed by atoms with Crippen LogP contribution in [0.3, 0.4) is 0 Å². The van der Waals surface area contributed by atoms with Crippen LogP contribution in [0.25, 0.3) is 0 Å². The second kappa shape index (κ2) is 10.3. The summed E-state index contributed by atoms with van der Waals surface area (Å²) >= 11 is 0. The number of aliphatic hydroxyl groups is 3. The molecule has 1 unspecified atom stereocenters. The van der Waals surface area contributed by atoms with E-state index in [0.717, 1.165) is 0 Å². The fourth-order valence-corrected chi connectivity index (χ4v) is 7.08. The van der Waals surface area contributed by atoms with E-state index in [2.05, 4.69) is 13.2 Å². The number of hydrogen-bond donors (Lipinski definition) is 4. The van der Waals surface area contributed by atoms with Gasteiger partial charge in [-0.25, -0.2) is 4.79 Å². The zero-order valence-electron chi connectivity index (χ0n) is 23.0. The Morgan fingerprint density at radius 2 is 1.85 bits per heavy atom. The molecule has 39 heavy (non-hydrogen) atoms. The molecule has 1 fully saturated rings. The summed E-state index contributed by atoms with van der Waals surface area (Å²) in [7, 11) is 1.45. The molecule has 0 aromatic rings. The number of hydrogen-bond acceptors (Lipinski definition) is 9. The quantitative estimate of drug-likeness (QED) is 0.157. The van der Waals surface area contributed by atoms with E-state index in [-0.39, 0.29) is 49.0 Å². The summed E-state index contributed by atoms with van der Waals surface area (Å²) < 4.78 is 17.2. The Hall–Kier alpha value is -3.37. The molecule has 0 saturated heterocycles. The van der Waals surface area contributed by atoms with E-state index in [0.29, 0.717) is 24.0 Å². The van der Waals surface area contributed by atoms with Gasteiger partial charge in [0.1, 0.15) is 23.6 Å². The van der Waals surface area contributed by atoms with Gasteiger partial charge in [0, 0.05) is 43.7 Å². The number of carbonyl (C=O) groups excluding carboxylic acids is 2. The van der Waals surface area contributed by atoms with Crippen LogP contribution in [0.2, 0.25) is 0 Å². The average Bonchev–Trinajstić information content (AvgIpc) is 3.16. The molecule has 6 atom stereocenters. The Morgan fingerprint density at radius 3 is 2.41 bits per heavy atom. The van der Waals surface area contributed by atoms with Gasteiger partial charge in [0.25, 0.3) is 0 Å². The first-order valence-corrected chi connectivity index (χ1v) is 13.1. The summed E-state index contributed by atoms with van der Waals surface area (Å²) in [5, 5.41) is 43.2. The van der Waals surface area contributed by atoms with Crippen LogP contribution in [-0.4, -0.2) is 83.1 Å². The molecule has 1 heterocycles. The number of nitrogens with zero attached hydrogens (tertiary/aromatic N) is 1. The SMILES string of the molecule is C=CCN(CC=C)C(=N)C1=C2C(O)=C(O)C3=C([C@H](OC(C)=O)C[C@]4(C)C(O)CC[C@@H]34)[C@@]2(C)[C@@H](COC)OC1=O. The predicted molar refractivity (Wildman–Crippen MR) is 143 cm³/mol. The molecule has 10 nitrogen and oxygen atoms in total. The van der Waals surface area contributed by atoms with Crippen molar-refractivity contribution >= 4 is 17.8 Å². The molecule has 0 aromatic carbocycles. The third-order valence-electron chi connectivity index (χ3n) is 8.89. The van der Waals surface area contributed by atoms with Gasteiger partial charge in [-0.05, 0) is 37.7 Å². The fourth-order valence-electron chi connectivity index (χ4n) is 7.08. The van der Waals surface area contributed by atoms with E-state index in [9.17, 15) is 24.9 Å². The van der Waals surface area contributed by atoms with Crippen molar-refractivity contribution in [3.05, 3.63) is 59.1 Å². The van der Waals surface area contributed by atoms with Gasteiger partial charge >= 0.3 is 11.9 Å². The number of aliphatic hydroxyl groups excluding tert-OH is 3. The summed E-state index contributed by atoms with van der Waals surface area (Å²) in [5.74, 6) is -2.98. The second-order valence-corrected chi connectivity index (χ2v) is 11.1. The van der Waals surface area contributed by atoms with Crippen LogP contribution in [-0.2, 0) is 23.8 Å². The number of nitrogens with one attached hydrogen (secondary N) is 1. The second-order valence-electron chi connectivity index (χ2n) is 11.1. The van der Waals surface area contributed by atoms with Crippen LogP contribution in [0.15, 0.2) is 59.1 Å². The van der Waals surface area contributed by atoms with E-state index in [1.807, 2.05) is 6.92 Å². The Morgan fingerprint density at radius 1 is 1.21 bits per heavy atom. The van der Waals surface area contributed by atoms with Crippen molar-refractivity contribution in [3.8, 4) is 0 Å². The van der Waals surface area contributed by atoms with Crippen molar-refractivity contribution in [2.24, 2.45) is 16.7 Å². The van der Waals surface area contributed by atoms with Gasteiger partial charge in [0.05, 0.1) is 18.1 Å². The maximum Gasteiger partial charge on any atom is 0.342 e. The zero-order chi connectivity index (χ0) is 28.9. The van der Waals surface area contributed by atoms with Crippen LogP contribution in [0.4, 0.5) is 0 Å². The molecule has 212 valence electrons. The van der Waals surface area contributed by atoms with Crippen LogP contribution in [0, 0.1) is 22.2 Å². The summed E-state index contributed by atoms with van der Waals surface area (Å²) in [6.45, 7) is 12.7. The normalized spacial score (nSPS) is 33.6. The Balaban J connectivity index is 2.07. The number of methoxy groups -OCH3 is 1. The Kier molecular flexibility index (Phi) is 7.57. The molecule has 1 saturated carbocycles. The van der Waals surface area contributed by atoms with Crippen molar-refractivity contribution in [1.82, 2.24) is 4.90 Å².